The van der Waals surface area contributed by atoms with E-state index in [1.807, 2.05) is 0 Å². The van der Waals surface area contributed by atoms with Crippen LogP contribution in [0.4, 0.5) is 0 Å². The number of rotatable bonds is 7. The zero-order valence-electron chi connectivity index (χ0n) is 16.4. The Morgan fingerprint density at radius 3 is 1.13 bits per heavy atom. The molecule has 0 aliphatic heterocycles. The Balaban J connectivity index is 0.00000124. The molecule has 0 nitrogen and oxygen atoms in total. The maximum absolute atomic E-state index is 2.79. The molecule has 4 rings (SSSR count). The number of hydrogen-bond donors (Lipinski definition) is 0. The third-order valence-electron chi connectivity index (χ3n) is 4.65. The van der Waals surface area contributed by atoms with Crippen molar-refractivity contribution in [2.75, 3.05) is 6.16 Å². The molecule has 4 aromatic rings. The Labute approximate surface area is 200 Å². The monoisotopic (exact) mass is 582 g/mol. The van der Waals surface area contributed by atoms with Gasteiger partial charge in [-0.25, -0.2) is 7.92 Å². The molecule has 0 amide bonds. The van der Waals surface area contributed by atoms with Crippen LogP contribution in [-0.2, 0) is 17.2 Å². The van der Waals surface area contributed by atoms with E-state index in [0.29, 0.717) is 0 Å². The minimum absolute atomic E-state index is 0.403. The summed E-state index contributed by atoms with van der Waals surface area (Å²) in [6.07, 6.45) is 3.66. The predicted octanol–water partition coefficient (Wildman–Crippen LogP) is 6.26. The zero-order valence-corrected chi connectivity index (χ0v) is 21.3. The van der Waals surface area contributed by atoms with Crippen LogP contribution >= 0.6 is 29.3 Å². The van der Waals surface area contributed by atoms with Crippen LogP contribution in [0.1, 0.15) is 0 Å². The summed E-state index contributed by atoms with van der Waals surface area (Å²) in [6.45, 7) is 0. The van der Waals surface area contributed by atoms with E-state index >= 15 is 0 Å². The van der Waals surface area contributed by atoms with Gasteiger partial charge in [-0.3, -0.25) is 6.16 Å². The molecule has 0 aliphatic carbocycles. The van der Waals surface area contributed by atoms with E-state index in [1.165, 1.54) is 21.2 Å². The molecule has 0 N–H and O–H groups in total. The summed E-state index contributed by atoms with van der Waals surface area (Å²) >= 11 is 5.35. The van der Waals surface area contributed by atoms with Crippen LogP contribution < -0.4 is 21.2 Å². The molecule has 0 saturated carbocycles. The number of benzene rings is 4. The molecule has 0 atom stereocenters. The van der Waals surface area contributed by atoms with Gasteiger partial charge in [0.25, 0.3) is 0 Å². The first-order valence-corrected chi connectivity index (χ1v) is 16.1. The molecule has 30 heavy (non-hydrogen) atoms. The minimum atomic E-state index is -0.473. The predicted molar refractivity (Wildman–Crippen MR) is 136 cm³/mol. The molecule has 0 spiro atoms. The second-order valence-electron chi connectivity index (χ2n) is 6.51. The summed E-state index contributed by atoms with van der Waals surface area (Å²) in [7, 11) is -0.876. The van der Waals surface area contributed by atoms with Crippen molar-refractivity contribution < 1.29 is 17.2 Å². The molecular weight excluding hydrogens is 561 g/mol. The standard InChI is InChI=1S/C26H23P2.BrH.Pd/c1-5-13-23(14-6-1)27(24-15-7-2-8-16-24)21-22-28(25-17-9-3-10-18-25)26-19-11-4-12-20-26;;/h1-21H,22H2;1H;/q-1;;+2/p-1. The Morgan fingerprint density at radius 2 is 0.800 bits per heavy atom. The third-order valence-corrected chi connectivity index (χ3v) is 9.59. The van der Waals surface area contributed by atoms with E-state index in [0.717, 1.165) is 6.16 Å². The van der Waals surface area contributed by atoms with E-state index < -0.39 is 15.8 Å². The zero-order chi connectivity index (χ0) is 21.0. The van der Waals surface area contributed by atoms with Gasteiger partial charge in [-0.15, -0.1) is 6.16 Å². The van der Waals surface area contributed by atoms with Crippen LogP contribution in [0.3, 0.4) is 0 Å². The average molecular weight is 584 g/mol. The SMILES string of the molecule is [Br][Pd+].c1ccc(P([CH-]CP(c2ccccc2)c2ccccc2)c2ccccc2)cc1. The van der Waals surface area contributed by atoms with Crippen LogP contribution in [-0.4, -0.2) is 6.16 Å². The minimum Gasteiger partial charge on any atom is -0.289 e. The van der Waals surface area contributed by atoms with Gasteiger partial charge in [0.15, 0.2) is 0 Å². The summed E-state index contributed by atoms with van der Waals surface area (Å²) in [5, 5.41) is 5.71. The fraction of sp³-hybridized carbons (Fsp3) is 0.0385. The van der Waals surface area contributed by atoms with Gasteiger partial charge in [0.1, 0.15) is 0 Å². The van der Waals surface area contributed by atoms with E-state index in [4.69, 9.17) is 0 Å². The Kier molecular flexibility index (Phi) is 10.5. The molecule has 0 bridgehead atoms. The topological polar surface area (TPSA) is 0 Å². The molecule has 0 radical (unpaired) electrons. The van der Waals surface area contributed by atoms with Gasteiger partial charge in [-0.2, -0.15) is 0 Å². The molecule has 0 unspecified atom stereocenters. The summed E-state index contributed by atoms with van der Waals surface area (Å²) in [5.41, 5.74) is 0. The van der Waals surface area contributed by atoms with E-state index in [1.54, 1.807) is 0 Å². The first-order valence-electron chi connectivity index (χ1n) is 9.64. The molecule has 154 valence electrons. The molecule has 0 saturated heterocycles. The van der Waals surface area contributed by atoms with Crippen LogP contribution in [0.2, 0.25) is 0 Å². The van der Waals surface area contributed by atoms with Gasteiger partial charge < -0.3 is 0 Å². The Hall–Kier alpha value is -1.12. The van der Waals surface area contributed by atoms with E-state index in [-0.39, 0.29) is 0 Å². The Bertz CT molecular complexity index is 805. The maximum Gasteiger partial charge on any atom is -0.0220 e. The molecule has 0 aromatic heterocycles. The van der Waals surface area contributed by atoms with Crippen LogP contribution in [0, 0.1) is 6.16 Å². The molecule has 4 aromatic carbocycles. The molecule has 0 fully saturated rings. The van der Waals surface area contributed by atoms with Crippen molar-refractivity contribution in [1.82, 2.24) is 0 Å². The van der Waals surface area contributed by atoms with Gasteiger partial charge in [0.05, 0.1) is 0 Å². The van der Waals surface area contributed by atoms with Gasteiger partial charge >= 0.3 is 30.6 Å². The van der Waals surface area contributed by atoms with Crippen molar-refractivity contribution in [3.63, 3.8) is 0 Å². The van der Waals surface area contributed by atoms with Gasteiger partial charge in [0, 0.05) is 0 Å². The van der Waals surface area contributed by atoms with Crippen LogP contribution in [0.5, 0.6) is 0 Å². The fourth-order valence-corrected chi connectivity index (χ4v) is 8.07. The average Bonchev–Trinajstić information content (AvgIpc) is 2.85. The largest absolute Gasteiger partial charge is 0.289 e. The van der Waals surface area contributed by atoms with Crippen molar-refractivity contribution >= 4 is 50.5 Å². The quantitative estimate of drug-likeness (QED) is 0.137. The molecular formula is C26H23BrP2Pd. The van der Waals surface area contributed by atoms with Gasteiger partial charge in [0.2, 0.25) is 0 Å². The first kappa shape index (κ1) is 23.5. The summed E-state index contributed by atoms with van der Waals surface area (Å²) in [4.78, 5) is 0. The number of hydrogen-bond acceptors (Lipinski definition) is 0. The molecule has 4 heteroatoms. The Morgan fingerprint density at radius 1 is 0.500 bits per heavy atom. The van der Waals surface area contributed by atoms with Crippen LogP contribution in [0.15, 0.2) is 121 Å². The fourth-order valence-electron chi connectivity index (χ4n) is 3.28. The van der Waals surface area contributed by atoms with Crippen molar-refractivity contribution in [2.24, 2.45) is 0 Å². The summed E-state index contributed by atoms with van der Waals surface area (Å²) < 4.78 is 0. The summed E-state index contributed by atoms with van der Waals surface area (Å²) in [5.74, 6) is 0. The van der Waals surface area contributed by atoms with E-state index in [2.05, 4.69) is 158 Å². The first-order chi connectivity index (χ1) is 14.9. The van der Waals surface area contributed by atoms with Gasteiger partial charge in [-0.1, -0.05) is 140 Å². The van der Waals surface area contributed by atoms with Crippen molar-refractivity contribution in [1.29, 1.82) is 0 Å². The van der Waals surface area contributed by atoms with Crippen molar-refractivity contribution in [3.05, 3.63) is 127 Å². The third kappa shape index (κ3) is 6.69. The second-order valence-corrected chi connectivity index (χ2v) is 10.9. The number of halogens is 1. The second kappa shape index (κ2) is 13.3. The van der Waals surface area contributed by atoms with E-state index in [9.17, 15) is 0 Å². The summed E-state index contributed by atoms with van der Waals surface area (Å²) in [6, 6.07) is 43.8. The van der Waals surface area contributed by atoms with Crippen molar-refractivity contribution in [3.8, 4) is 0 Å². The molecule has 0 aliphatic rings. The normalized spacial score (nSPS) is 10.6. The van der Waals surface area contributed by atoms with Gasteiger partial charge in [-0.05, 0) is 10.6 Å². The smallest absolute Gasteiger partial charge is 0.0220 e. The van der Waals surface area contributed by atoms with Crippen molar-refractivity contribution in [2.45, 2.75) is 0 Å². The van der Waals surface area contributed by atoms with Crippen LogP contribution in [0.25, 0.3) is 0 Å². The molecule has 0 heterocycles. The maximum atomic E-state index is 2.79.